The molecule has 0 atom stereocenters. The molecular weight excluding hydrogens is 240 g/mol. The molecule has 2 N–H and O–H groups in total. The van der Waals surface area contributed by atoms with E-state index in [1.807, 2.05) is 24.3 Å². The number of benzene rings is 1. The van der Waals surface area contributed by atoms with Gasteiger partial charge in [-0.3, -0.25) is 9.48 Å². The predicted molar refractivity (Wildman–Crippen MR) is 72.8 cm³/mol. The molecule has 2 heterocycles. The lowest BCUT2D eigenvalue weighted by Crippen LogP contribution is -2.10. The van der Waals surface area contributed by atoms with Gasteiger partial charge >= 0.3 is 0 Å². The summed E-state index contributed by atoms with van der Waals surface area (Å²) in [6.45, 7) is 0. The van der Waals surface area contributed by atoms with Gasteiger partial charge < -0.3 is 5.73 Å². The number of nitrogen functional groups attached to an aromatic ring is 1. The van der Waals surface area contributed by atoms with Gasteiger partial charge in [0.25, 0.3) is 0 Å². The van der Waals surface area contributed by atoms with Crippen molar-refractivity contribution < 1.29 is 4.79 Å². The van der Waals surface area contributed by atoms with Gasteiger partial charge in [-0.05, 0) is 18.2 Å². The van der Waals surface area contributed by atoms with E-state index < -0.39 is 0 Å². The number of aromatic nitrogens is 3. The third-order valence-electron chi connectivity index (χ3n) is 3.03. The summed E-state index contributed by atoms with van der Waals surface area (Å²) in [5.41, 5.74) is 8.06. The van der Waals surface area contributed by atoms with Gasteiger partial charge in [0, 0.05) is 24.3 Å². The first-order chi connectivity index (χ1) is 9.16. The lowest BCUT2D eigenvalue weighted by atomic mass is 10.1. The smallest absolute Gasteiger partial charge is 0.229 e. The van der Waals surface area contributed by atoms with Gasteiger partial charge in [0.15, 0.2) is 0 Å². The van der Waals surface area contributed by atoms with E-state index in [9.17, 15) is 4.79 Å². The number of hydrogen-bond donors (Lipinski definition) is 1. The fraction of sp³-hybridized carbons (Fsp3) is 0.0714. The van der Waals surface area contributed by atoms with Crippen LogP contribution in [0.4, 0.5) is 5.69 Å². The van der Waals surface area contributed by atoms with E-state index in [0.29, 0.717) is 22.6 Å². The minimum atomic E-state index is -0.183. The monoisotopic (exact) mass is 252 g/mol. The van der Waals surface area contributed by atoms with Gasteiger partial charge in [0.05, 0.1) is 5.52 Å². The van der Waals surface area contributed by atoms with Crippen LogP contribution >= 0.6 is 0 Å². The molecule has 19 heavy (non-hydrogen) atoms. The summed E-state index contributed by atoms with van der Waals surface area (Å²) in [5, 5.41) is 4.84. The molecule has 0 fully saturated rings. The molecule has 3 aromatic rings. The third-order valence-corrected chi connectivity index (χ3v) is 3.03. The molecule has 0 saturated heterocycles. The fourth-order valence-electron chi connectivity index (χ4n) is 2.05. The van der Waals surface area contributed by atoms with Crippen molar-refractivity contribution in [3.05, 3.63) is 54.0 Å². The van der Waals surface area contributed by atoms with Crippen molar-refractivity contribution in [1.29, 1.82) is 0 Å². The van der Waals surface area contributed by atoms with Crippen molar-refractivity contribution in [2.45, 2.75) is 0 Å². The number of carbonyl (C=O) groups is 1. The van der Waals surface area contributed by atoms with Gasteiger partial charge in [0.2, 0.25) is 5.78 Å². The minimum Gasteiger partial charge on any atom is -0.398 e. The zero-order valence-electron chi connectivity index (χ0n) is 10.4. The Morgan fingerprint density at radius 3 is 2.79 bits per heavy atom. The summed E-state index contributed by atoms with van der Waals surface area (Å²) in [4.78, 5) is 16.7. The molecule has 0 aliphatic rings. The zero-order valence-corrected chi connectivity index (χ0v) is 10.4. The molecular formula is C14H12N4O. The standard InChI is InChI=1S/C14H12N4O/c1-18-13(6-7-16-18)14(19)12-8-10(15)9-4-2-3-5-11(9)17-12/h2-8H,1H3,(H2,15,17). The topological polar surface area (TPSA) is 73.8 Å². The number of nitrogens with zero attached hydrogens (tertiary/aromatic N) is 3. The van der Waals surface area contributed by atoms with Gasteiger partial charge in [-0.2, -0.15) is 5.10 Å². The van der Waals surface area contributed by atoms with Crippen LogP contribution in [0.3, 0.4) is 0 Å². The number of hydrogen-bond acceptors (Lipinski definition) is 4. The largest absolute Gasteiger partial charge is 0.398 e. The summed E-state index contributed by atoms with van der Waals surface area (Å²) < 4.78 is 1.52. The summed E-state index contributed by atoms with van der Waals surface area (Å²) >= 11 is 0. The number of aryl methyl sites for hydroxylation is 1. The first-order valence-corrected chi connectivity index (χ1v) is 5.85. The second-order valence-electron chi connectivity index (χ2n) is 4.28. The Labute approximate surface area is 109 Å². The van der Waals surface area contributed by atoms with Crippen LogP contribution in [-0.2, 0) is 7.05 Å². The first-order valence-electron chi connectivity index (χ1n) is 5.85. The van der Waals surface area contributed by atoms with Crippen molar-refractivity contribution in [3.63, 3.8) is 0 Å². The van der Waals surface area contributed by atoms with E-state index in [4.69, 9.17) is 5.73 Å². The second kappa shape index (κ2) is 4.20. The maximum absolute atomic E-state index is 12.3. The number of nitrogens with two attached hydrogens (primary N) is 1. The van der Waals surface area contributed by atoms with E-state index >= 15 is 0 Å². The number of ketones is 1. The van der Waals surface area contributed by atoms with E-state index in [0.717, 1.165) is 5.39 Å². The average molecular weight is 252 g/mol. The summed E-state index contributed by atoms with van der Waals surface area (Å²) in [6.07, 6.45) is 1.58. The summed E-state index contributed by atoms with van der Waals surface area (Å²) in [5.74, 6) is -0.183. The highest BCUT2D eigenvalue weighted by Gasteiger charge is 2.15. The number of rotatable bonds is 2. The van der Waals surface area contributed by atoms with Crippen LogP contribution in [0.1, 0.15) is 16.2 Å². The molecule has 94 valence electrons. The number of fused-ring (bicyclic) bond motifs is 1. The van der Waals surface area contributed by atoms with Gasteiger partial charge in [-0.25, -0.2) is 4.98 Å². The lowest BCUT2D eigenvalue weighted by molar-refractivity contribution is 0.102. The first kappa shape index (κ1) is 11.4. The maximum atomic E-state index is 12.3. The maximum Gasteiger partial charge on any atom is 0.229 e. The van der Waals surface area contributed by atoms with Crippen molar-refractivity contribution in [2.24, 2.45) is 7.05 Å². The van der Waals surface area contributed by atoms with Crippen LogP contribution in [-0.4, -0.2) is 20.5 Å². The van der Waals surface area contributed by atoms with Crippen LogP contribution < -0.4 is 5.73 Å². The average Bonchev–Trinajstić information content (AvgIpc) is 2.84. The Kier molecular flexibility index (Phi) is 2.52. The highest BCUT2D eigenvalue weighted by atomic mass is 16.1. The normalized spacial score (nSPS) is 10.8. The molecule has 3 rings (SSSR count). The number of carbonyl (C=O) groups excluding carboxylic acids is 1. The van der Waals surface area contributed by atoms with E-state index in [1.165, 1.54) is 4.68 Å². The molecule has 0 aliphatic carbocycles. The van der Waals surface area contributed by atoms with Gasteiger partial charge in [0.1, 0.15) is 11.4 Å². The Bertz CT molecular complexity index is 776. The summed E-state index contributed by atoms with van der Waals surface area (Å²) in [7, 11) is 1.72. The quantitative estimate of drug-likeness (QED) is 0.705. The van der Waals surface area contributed by atoms with E-state index in [-0.39, 0.29) is 5.78 Å². The molecule has 0 aliphatic heterocycles. The highest BCUT2D eigenvalue weighted by molar-refractivity contribution is 6.08. The second-order valence-corrected chi connectivity index (χ2v) is 4.28. The fourth-order valence-corrected chi connectivity index (χ4v) is 2.05. The molecule has 0 radical (unpaired) electrons. The predicted octanol–water partition coefficient (Wildman–Crippen LogP) is 1.78. The van der Waals surface area contributed by atoms with Crippen LogP contribution in [0.15, 0.2) is 42.6 Å². The molecule has 0 unspecified atom stereocenters. The number of pyridine rings is 1. The zero-order chi connectivity index (χ0) is 13.4. The molecule has 5 nitrogen and oxygen atoms in total. The molecule has 1 aromatic carbocycles. The molecule has 5 heteroatoms. The minimum absolute atomic E-state index is 0.183. The van der Waals surface area contributed by atoms with Crippen LogP contribution in [0.5, 0.6) is 0 Å². The molecule has 0 spiro atoms. The Hall–Kier alpha value is -2.69. The van der Waals surface area contributed by atoms with Crippen molar-refractivity contribution in [2.75, 3.05) is 5.73 Å². The number of para-hydroxylation sites is 1. The Morgan fingerprint density at radius 1 is 1.26 bits per heavy atom. The van der Waals surface area contributed by atoms with Gasteiger partial charge in [-0.15, -0.1) is 0 Å². The van der Waals surface area contributed by atoms with E-state index in [1.54, 1.807) is 25.4 Å². The van der Waals surface area contributed by atoms with E-state index in [2.05, 4.69) is 10.1 Å². The molecule has 2 aromatic heterocycles. The van der Waals surface area contributed by atoms with Crippen molar-refractivity contribution in [3.8, 4) is 0 Å². The third kappa shape index (κ3) is 1.85. The Balaban J connectivity index is 2.16. The molecule has 0 saturated carbocycles. The molecule has 0 amide bonds. The van der Waals surface area contributed by atoms with Crippen molar-refractivity contribution >= 4 is 22.4 Å². The number of anilines is 1. The lowest BCUT2D eigenvalue weighted by Gasteiger charge is -2.05. The molecule has 0 bridgehead atoms. The van der Waals surface area contributed by atoms with Crippen molar-refractivity contribution in [1.82, 2.24) is 14.8 Å². The van der Waals surface area contributed by atoms with Crippen LogP contribution in [0, 0.1) is 0 Å². The Morgan fingerprint density at radius 2 is 2.05 bits per heavy atom. The highest BCUT2D eigenvalue weighted by Crippen LogP contribution is 2.21. The van der Waals surface area contributed by atoms with Crippen LogP contribution in [0.25, 0.3) is 10.9 Å². The van der Waals surface area contributed by atoms with Gasteiger partial charge in [-0.1, -0.05) is 18.2 Å². The SMILES string of the molecule is Cn1nccc1C(=O)c1cc(N)c2ccccc2n1. The summed E-state index contributed by atoms with van der Waals surface area (Å²) in [6, 6.07) is 10.8. The van der Waals surface area contributed by atoms with Crippen LogP contribution in [0.2, 0.25) is 0 Å².